The van der Waals surface area contributed by atoms with E-state index in [4.69, 9.17) is 5.11 Å². The van der Waals surface area contributed by atoms with Crippen LogP contribution in [0.2, 0.25) is 0 Å². The first kappa shape index (κ1) is 14.6. The predicted octanol–water partition coefficient (Wildman–Crippen LogP) is 0.786. The fraction of sp³-hybridized carbons (Fsp3) is 0.867. The van der Waals surface area contributed by atoms with E-state index in [1.165, 1.54) is 19.4 Å². The maximum absolute atomic E-state index is 12.3. The van der Waals surface area contributed by atoms with Gasteiger partial charge in [-0.05, 0) is 18.8 Å². The van der Waals surface area contributed by atoms with E-state index in [0.29, 0.717) is 13.1 Å². The van der Waals surface area contributed by atoms with Crippen LogP contribution in [0, 0.1) is 17.8 Å². The average molecular weight is 295 g/mol. The van der Waals surface area contributed by atoms with Gasteiger partial charge >= 0.3 is 12.0 Å². The topological polar surface area (TPSA) is 64.1 Å². The van der Waals surface area contributed by atoms with Gasteiger partial charge in [0.1, 0.15) is 0 Å². The molecule has 3 rings (SSSR count). The third kappa shape index (κ3) is 3.31. The van der Waals surface area contributed by atoms with Gasteiger partial charge in [0.2, 0.25) is 0 Å². The molecule has 0 spiro atoms. The molecule has 2 heterocycles. The second-order valence-electron chi connectivity index (χ2n) is 6.81. The van der Waals surface area contributed by atoms with Gasteiger partial charge in [0, 0.05) is 51.7 Å². The molecule has 2 saturated heterocycles. The van der Waals surface area contributed by atoms with Crippen molar-refractivity contribution in [1.29, 1.82) is 0 Å². The second kappa shape index (κ2) is 5.83. The third-order valence-corrected chi connectivity index (χ3v) is 5.13. The van der Waals surface area contributed by atoms with Gasteiger partial charge in [0.15, 0.2) is 0 Å². The number of urea groups is 1. The summed E-state index contributed by atoms with van der Waals surface area (Å²) in [6, 6.07) is 0.0925. The highest BCUT2D eigenvalue weighted by Gasteiger charge is 2.39. The maximum Gasteiger partial charge on any atom is 0.320 e. The van der Waals surface area contributed by atoms with Crippen LogP contribution in [0.4, 0.5) is 4.79 Å². The molecule has 2 amide bonds. The number of amides is 2. The molecule has 6 heteroatoms. The number of likely N-dealkylation sites (tertiary alicyclic amines) is 1. The summed E-state index contributed by atoms with van der Waals surface area (Å²) < 4.78 is 0. The fourth-order valence-electron chi connectivity index (χ4n) is 3.17. The molecule has 1 aliphatic carbocycles. The van der Waals surface area contributed by atoms with Crippen LogP contribution in [-0.2, 0) is 4.79 Å². The van der Waals surface area contributed by atoms with E-state index in [1.54, 1.807) is 11.8 Å². The van der Waals surface area contributed by atoms with E-state index in [2.05, 4.69) is 4.90 Å². The van der Waals surface area contributed by atoms with E-state index < -0.39 is 5.97 Å². The molecule has 3 fully saturated rings. The Kier molecular flexibility index (Phi) is 4.06. The predicted molar refractivity (Wildman–Crippen MR) is 78.0 cm³/mol. The van der Waals surface area contributed by atoms with Crippen LogP contribution in [0.1, 0.15) is 19.8 Å². The molecule has 1 unspecified atom stereocenters. The molecule has 0 aromatic heterocycles. The van der Waals surface area contributed by atoms with E-state index in [0.717, 1.165) is 32.1 Å². The first-order chi connectivity index (χ1) is 10.0. The molecule has 1 saturated carbocycles. The third-order valence-electron chi connectivity index (χ3n) is 5.13. The highest BCUT2D eigenvalue weighted by Crippen LogP contribution is 2.30. The van der Waals surface area contributed by atoms with Crippen molar-refractivity contribution in [2.45, 2.75) is 19.8 Å². The number of carbonyl (C=O) groups excluding carboxylic acids is 1. The van der Waals surface area contributed by atoms with Crippen LogP contribution in [0.3, 0.4) is 0 Å². The molecule has 3 aliphatic rings. The molecule has 0 radical (unpaired) electrons. The van der Waals surface area contributed by atoms with Crippen molar-refractivity contribution in [3.63, 3.8) is 0 Å². The van der Waals surface area contributed by atoms with Gasteiger partial charge in [-0.25, -0.2) is 4.79 Å². The van der Waals surface area contributed by atoms with Crippen LogP contribution >= 0.6 is 0 Å². The quantitative estimate of drug-likeness (QED) is 0.833. The minimum atomic E-state index is -0.763. The van der Waals surface area contributed by atoms with Crippen molar-refractivity contribution >= 4 is 12.0 Å². The number of hydrogen-bond donors (Lipinski definition) is 1. The number of aliphatic carboxylic acids is 1. The molecule has 0 bridgehead atoms. The Morgan fingerprint density at radius 1 is 1.10 bits per heavy atom. The Labute approximate surface area is 125 Å². The molecule has 0 aromatic rings. The van der Waals surface area contributed by atoms with E-state index in [9.17, 15) is 9.59 Å². The van der Waals surface area contributed by atoms with Crippen molar-refractivity contribution in [2.75, 3.05) is 45.8 Å². The van der Waals surface area contributed by atoms with Crippen LogP contribution in [0.25, 0.3) is 0 Å². The van der Waals surface area contributed by atoms with Crippen molar-refractivity contribution in [3.05, 3.63) is 0 Å². The maximum atomic E-state index is 12.3. The number of carbonyl (C=O) groups is 2. The minimum absolute atomic E-state index is 0.0925. The van der Waals surface area contributed by atoms with E-state index >= 15 is 0 Å². The van der Waals surface area contributed by atoms with Gasteiger partial charge in [0.25, 0.3) is 0 Å². The van der Waals surface area contributed by atoms with E-state index in [1.807, 2.05) is 4.90 Å². The van der Waals surface area contributed by atoms with Crippen LogP contribution in [-0.4, -0.2) is 77.6 Å². The summed E-state index contributed by atoms with van der Waals surface area (Å²) in [5, 5.41) is 8.98. The van der Waals surface area contributed by atoms with Crippen molar-refractivity contribution in [3.8, 4) is 0 Å². The highest BCUT2D eigenvalue weighted by molar-refractivity contribution is 5.76. The first-order valence-corrected chi connectivity index (χ1v) is 8.03. The molecule has 0 aromatic carbocycles. The molecule has 2 aliphatic heterocycles. The minimum Gasteiger partial charge on any atom is -0.481 e. The lowest BCUT2D eigenvalue weighted by molar-refractivity contribution is -0.144. The molecule has 6 nitrogen and oxygen atoms in total. The van der Waals surface area contributed by atoms with Crippen molar-refractivity contribution < 1.29 is 14.7 Å². The monoisotopic (exact) mass is 295 g/mol. The molecular weight excluding hydrogens is 270 g/mol. The zero-order chi connectivity index (χ0) is 15.0. The summed E-state index contributed by atoms with van der Waals surface area (Å²) in [4.78, 5) is 29.4. The highest BCUT2D eigenvalue weighted by atomic mass is 16.4. The Hall–Kier alpha value is -1.30. The Morgan fingerprint density at radius 2 is 1.71 bits per heavy atom. The molecule has 1 atom stereocenters. The van der Waals surface area contributed by atoms with Crippen molar-refractivity contribution in [2.24, 2.45) is 17.8 Å². The molecule has 1 N–H and O–H groups in total. The fourth-order valence-corrected chi connectivity index (χ4v) is 3.17. The average Bonchev–Trinajstić information content (AvgIpc) is 3.21. The Balaban J connectivity index is 1.40. The standard InChI is InChI=1S/C15H25N3O3/c1-11(14(19)20)13-9-18(10-13)15(21)17-6-4-16(5-7-17)8-12-2-3-12/h11-13H,2-10H2,1H3,(H,19,20). The molecule has 118 valence electrons. The lowest BCUT2D eigenvalue weighted by Gasteiger charge is -2.45. The zero-order valence-electron chi connectivity index (χ0n) is 12.7. The van der Waals surface area contributed by atoms with Crippen LogP contribution < -0.4 is 0 Å². The zero-order valence-corrected chi connectivity index (χ0v) is 12.7. The van der Waals surface area contributed by atoms with Gasteiger partial charge in [-0.1, -0.05) is 6.92 Å². The lowest BCUT2D eigenvalue weighted by atomic mass is 9.87. The molecule has 21 heavy (non-hydrogen) atoms. The summed E-state index contributed by atoms with van der Waals surface area (Å²) in [5.41, 5.74) is 0. The van der Waals surface area contributed by atoms with Crippen molar-refractivity contribution in [1.82, 2.24) is 14.7 Å². The van der Waals surface area contributed by atoms with Gasteiger partial charge in [-0.3, -0.25) is 9.69 Å². The number of piperazine rings is 1. The summed E-state index contributed by atoms with van der Waals surface area (Å²) in [7, 11) is 0. The van der Waals surface area contributed by atoms with Gasteiger partial charge in [-0.15, -0.1) is 0 Å². The first-order valence-electron chi connectivity index (χ1n) is 8.03. The normalized spacial score (nSPS) is 25.6. The largest absolute Gasteiger partial charge is 0.481 e. The SMILES string of the molecule is CC(C(=O)O)C1CN(C(=O)N2CCN(CC3CC3)CC2)C1. The van der Waals surface area contributed by atoms with Gasteiger partial charge < -0.3 is 14.9 Å². The van der Waals surface area contributed by atoms with Crippen LogP contribution in [0.15, 0.2) is 0 Å². The Morgan fingerprint density at radius 3 is 2.24 bits per heavy atom. The summed E-state index contributed by atoms with van der Waals surface area (Å²) >= 11 is 0. The second-order valence-corrected chi connectivity index (χ2v) is 6.81. The summed E-state index contributed by atoms with van der Waals surface area (Å²) in [6.45, 7) is 7.68. The number of rotatable bonds is 4. The van der Waals surface area contributed by atoms with Gasteiger partial charge in [0.05, 0.1) is 5.92 Å². The van der Waals surface area contributed by atoms with Crippen LogP contribution in [0.5, 0.6) is 0 Å². The van der Waals surface area contributed by atoms with Gasteiger partial charge in [-0.2, -0.15) is 0 Å². The summed E-state index contributed by atoms with van der Waals surface area (Å²) in [6.07, 6.45) is 2.74. The number of nitrogens with zero attached hydrogens (tertiary/aromatic N) is 3. The number of carboxylic acids is 1. The number of hydrogen-bond acceptors (Lipinski definition) is 3. The lowest BCUT2D eigenvalue weighted by Crippen LogP contribution is -2.60. The van der Waals surface area contributed by atoms with E-state index in [-0.39, 0.29) is 17.9 Å². The molecular formula is C15H25N3O3. The number of carboxylic acid groups (broad SMARTS) is 1. The summed E-state index contributed by atoms with van der Waals surface area (Å²) in [5.74, 6) is -0.103. The Bertz CT molecular complexity index is 410. The smallest absolute Gasteiger partial charge is 0.320 e.